The summed E-state index contributed by atoms with van der Waals surface area (Å²) in [6, 6.07) is 21.6. The molecule has 30 heavy (non-hydrogen) atoms. The van der Waals surface area contributed by atoms with Crippen molar-refractivity contribution in [3.05, 3.63) is 89.1 Å². The highest BCUT2D eigenvalue weighted by atomic mass is 35.5. The number of ether oxygens (including phenoxy) is 2. The highest BCUT2D eigenvalue weighted by molar-refractivity contribution is 6.30. The van der Waals surface area contributed by atoms with Gasteiger partial charge in [-0.05, 0) is 42.8 Å². The first-order valence-electron chi connectivity index (χ1n) is 9.30. The van der Waals surface area contributed by atoms with Crippen LogP contribution in [0.5, 0.6) is 11.5 Å². The number of hydrogen-bond donors (Lipinski definition) is 1. The van der Waals surface area contributed by atoms with Crippen LogP contribution in [-0.2, 0) is 6.61 Å². The number of methoxy groups -OCH3 is 1. The second kappa shape index (κ2) is 9.70. The number of rotatable bonds is 6. The molecule has 0 bridgehead atoms. The van der Waals surface area contributed by atoms with E-state index in [1.165, 1.54) is 5.56 Å². The van der Waals surface area contributed by atoms with Gasteiger partial charge in [0.2, 0.25) is 0 Å². The molecule has 4 rings (SSSR count). The maximum Gasteiger partial charge on any atom is 0.137 e. The Balaban J connectivity index is 0.00000256. The normalized spacial score (nSPS) is 10.4. The molecule has 4 aromatic rings. The lowest BCUT2D eigenvalue weighted by Crippen LogP contribution is -1.96. The molecule has 0 saturated heterocycles. The summed E-state index contributed by atoms with van der Waals surface area (Å²) in [5.74, 6) is 2.28. The second-order valence-corrected chi connectivity index (χ2v) is 7.23. The Hall–Kier alpha value is -2.95. The Morgan fingerprint density at radius 3 is 2.53 bits per heavy atom. The monoisotopic (exact) mass is 440 g/mol. The molecule has 6 heteroatoms. The third-order valence-electron chi connectivity index (χ3n) is 4.65. The minimum absolute atomic E-state index is 0. The van der Waals surface area contributed by atoms with Crippen LogP contribution in [0.1, 0.15) is 11.1 Å². The Bertz CT molecular complexity index is 1120. The number of halogens is 2. The molecule has 0 atom stereocenters. The number of imidazole rings is 1. The smallest absolute Gasteiger partial charge is 0.137 e. The number of hydrogen-bond acceptors (Lipinski definition) is 3. The van der Waals surface area contributed by atoms with E-state index >= 15 is 0 Å². The Morgan fingerprint density at radius 2 is 1.80 bits per heavy atom. The maximum atomic E-state index is 5.93. The molecular weight excluding hydrogens is 419 g/mol. The first-order chi connectivity index (χ1) is 14.1. The van der Waals surface area contributed by atoms with E-state index < -0.39 is 0 Å². The van der Waals surface area contributed by atoms with E-state index in [0.29, 0.717) is 11.6 Å². The summed E-state index contributed by atoms with van der Waals surface area (Å²) in [6.07, 6.45) is 1.82. The van der Waals surface area contributed by atoms with Crippen molar-refractivity contribution in [2.45, 2.75) is 13.5 Å². The molecule has 0 radical (unpaired) electrons. The zero-order valence-electron chi connectivity index (χ0n) is 16.7. The highest BCUT2D eigenvalue weighted by Gasteiger charge is 2.12. The van der Waals surface area contributed by atoms with Crippen LogP contribution in [-0.4, -0.2) is 17.1 Å². The van der Waals surface area contributed by atoms with Crippen LogP contribution in [0.2, 0.25) is 5.02 Å². The van der Waals surface area contributed by atoms with Crippen LogP contribution in [0.25, 0.3) is 22.6 Å². The molecule has 0 saturated carbocycles. The van der Waals surface area contributed by atoms with Crippen molar-refractivity contribution >= 4 is 24.0 Å². The predicted octanol–water partition coefficient (Wildman–Crippen LogP) is 6.71. The fraction of sp³-hybridized carbons (Fsp3) is 0.125. The summed E-state index contributed by atoms with van der Waals surface area (Å²) in [5, 5.41) is 0.712. The summed E-state index contributed by atoms with van der Waals surface area (Å²) in [5.41, 5.74) is 5.12. The number of nitrogens with zero attached hydrogens (tertiary/aromatic N) is 1. The van der Waals surface area contributed by atoms with Crippen molar-refractivity contribution in [3.63, 3.8) is 0 Å². The highest BCUT2D eigenvalue weighted by Crippen LogP contribution is 2.33. The van der Waals surface area contributed by atoms with Gasteiger partial charge in [-0.15, -0.1) is 12.4 Å². The van der Waals surface area contributed by atoms with Crippen molar-refractivity contribution in [1.29, 1.82) is 0 Å². The van der Waals surface area contributed by atoms with Crippen LogP contribution in [0, 0.1) is 6.92 Å². The number of nitrogens with one attached hydrogen (secondary N) is 1. The van der Waals surface area contributed by atoms with Crippen LogP contribution in [0.15, 0.2) is 72.9 Å². The molecule has 0 aliphatic heterocycles. The standard InChI is InChI=1S/C24H21ClN2O2.ClH/c1-16-4-3-5-18(12-16)24-26-14-22(27-24)21-11-10-20(13-23(21)28-2)29-15-17-6-8-19(25)9-7-17;/h3-14H,15H2,1-2H3,(H,26,27);1H. The quantitative estimate of drug-likeness (QED) is 0.362. The Labute approximate surface area is 187 Å². The van der Waals surface area contributed by atoms with Gasteiger partial charge in [-0.3, -0.25) is 0 Å². The molecule has 0 aliphatic carbocycles. The summed E-state index contributed by atoms with van der Waals surface area (Å²) in [6.45, 7) is 2.53. The molecule has 0 aliphatic rings. The van der Waals surface area contributed by atoms with E-state index in [4.69, 9.17) is 21.1 Å². The third-order valence-corrected chi connectivity index (χ3v) is 4.90. The van der Waals surface area contributed by atoms with Crippen molar-refractivity contribution in [1.82, 2.24) is 9.97 Å². The van der Waals surface area contributed by atoms with E-state index in [9.17, 15) is 0 Å². The van der Waals surface area contributed by atoms with Gasteiger partial charge < -0.3 is 14.5 Å². The van der Waals surface area contributed by atoms with Crippen molar-refractivity contribution in [3.8, 4) is 34.1 Å². The van der Waals surface area contributed by atoms with Gasteiger partial charge in [0.25, 0.3) is 0 Å². The van der Waals surface area contributed by atoms with Gasteiger partial charge in [-0.2, -0.15) is 0 Å². The number of aromatic amines is 1. The summed E-state index contributed by atoms with van der Waals surface area (Å²) in [4.78, 5) is 7.92. The molecule has 4 nitrogen and oxygen atoms in total. The minimum Gasteiger partial charge on any atom is -0.496 e. The molecule has 3 aromatic carbocycles. The molecule has 1 aromatic heterocycles. The van der Waals surface area contributed by atoms with E-state index in [2.05, 4.69) is 29.0 Å². The maximum absolute atomic E-state index is 5.93. The molecule has 1 heterocycles. The predicted molar refractivity (Wildman–Crippen MR) is 124 cm³/mol. The Morgan fingerprint density at radius 1 is 1.00 bits per heavy atom. The molecule has 0 fully saturated rings. The van der Waals surface area contributed by atoms with E-state index in [1.54, 1.807) is 7.11 Å². The SMILES string of the molecule is COc1cc(OCc2ccc(Cl)cc2)ccc1-c1cnc(-c2cccc(C)c2)[nH]1.Cl. The third kappa shape index (κ3) is 4.96. The average molecular weight is 441 g/mol. The van der Waals surface area contributed by atoms with Gasteiger partial charge >= 0.3 is 0 Å². The summed E-state index contributed by atoms with van der Waals surface area (Å²) < 4.78 is 11.5. The second-order valence-electron chi connectivity index (χ2n) is 6.79. The molecule has 1 N–H and O–H groups in total. The summed E-state index contributed by atoms with van der Waals surface area (Å²) in [7, 11) is 1.65. The molecule has 0 spiro atoms. The molecular formula is C24H22Cl2N2O2. The lowest BCUT2D eigenvalue weighted by Gasteiger charge is -2.11. The summed E-state index contributed by atoms with van der Waals surface area (Å²) >= 11 is 5.93. The largest absolute Gasteiger partial charge is 0.496 e. The van der Waals surface area contributed by atoms with Crippen LogP contribution < -0.4 is 9.47 Å². The van der Waals surface area contributed by atoms with E-state index in [0.717, 1.165) is 39.7 Å². The number of benzene rings is 3. The van der Waals surface area contributed by atoms with Crippen LogP contribution >= 0.6 is 24.0 Å². The van der Waals surface area contributed by atoms with Gasteiger partial charge in [-0.25, -0.2) is 4.98 Å². The lowest BCUT2D eigenvalue weighted by molar-refractivity contribution is 0.304. The van der Waals surface area contributed by atoms with Crippen LogP contribution in [0.3, 0.4) is 0 Å². The first kappa shape index (κ1) is 21.8. The topological polar surface area (TPSA) is 47.1 Å². The fourth-order valence-corrected chi connectivity index (χ4v) is 3.25. The van der Waals surface area contributed by atoms with Crippen LogP contribution in [0.4, 0.5) is 0 Å². The van der Waals surface area contributed by atoms with Gasteiger partial charge in [0.15, 0.2) is 0 Å². The van der Waals surface area contributed by atoms with Gasteiger partial charge in [-0.1, -0.05) is 47.5 Å². The molecule has 154 valence electrons. The van der Waals surface area contributed by atoms with E-state index in [1.807, 2.05) is 60.8 Å². The van der Waals surface area contributed by atoms with Crippen molar-refractivity contribution in [2.24, 2.45) is 0 Å². The number of aromatic nitrogens is 2. The van der Waals surface area contributed by atoms with Crippen molar-refractivity contribution in [2.75, 3.05) is 7.11 Å². The number of H-pyrrole nitrogens is 1. The fourth-order valence-electron chi connectivity index (χ4n) is 3.13. The Kier molecular flexibility index (Phi) is 7.03. The molecule has 0 unspecified atom stereocenters. The number of aryl methyl sites for hydroxylation is 1. The van der Waals surface area contributed by atoms with Gasteiger partial charge in [0.1, 0.15) is 23.9 Å². The van der Waals surface area contributed by atoms with Gasteiger partial charge in [0, 0.05) is 22.2 Å². The van der Waals surface area contributed by atoms with Crippen molar-refractivity contribution < 1.29 is 9.47 Å². The first-order valence-corrected chi connectivity index (χ1v) is 9.68. The van der Waals surface area contributed by atoms with Gasteiger partial charge in [0.05, 0.1) is 19.0 Å². The minimum atomic E-state index is 0. The average Bonchev–Trinajstić information content (AvgIpc) is 3.23. The van der Waals surface area contributed by atoms with E-state index in [-0.39, 0.29) is 12.4 Å². The molecule has 0 amide bonds. The zero-order valence-corrected chi connectivity index (χ0v) is 18.3. The zero-order chi connectivity index (χ0) is 20.2. The lowest BCUT2D eigenvalue weighted by atomic mass is 10.1.